The van der Waals surface area contributed by atoms with Gasteiger partial charge in [-0.05, 0) is 42.2 Å². The Morgan fingerprint density at radius 1 is 1.20 bits per heavy atom. The minimum atomic E-state index is -4.42. The van der Waals surface area contributed by atoms with Crippen molar-refractivity contribution in [3.05, 3.63) is 59.7 Å². The summed E-state index contributed by atoms with van der Waals surface area (Å²) in [6.45, 7) is -0.190. The number of nitrogens with zero attached hydrogens (tertiary/aromatic N) is 1. The number of alkyl halides is 3. The summed E-state index contributed by atoms with van der Waals surface area (Å²) < 4.78 is 37.8. The molecule has 25 heavy (non-hydrogen) atoms. The molecule has 0 unspecified atom stereocenters. The molecule has 132 valence electrons. The maximum atomic E-state index is 12.6. The van der Waals surface area contributed by atoms with Crippen LogP contribution in [0, 0.1) is 0 Å². The molecular formula is C17H16F3N3OS. The molecule has 0 aromatic heterocycles. The second-order valence-corrected chi connectivity index (χ2v) is 5.88. The lowest BCUT2D eigenvalue weighted by molar-refractivity contribution is -0.137. The third-order valence-corrected chi connectivity index (χ3v) is 3.91. The Hall–Kier alpha value is -2.48. The van der Waals surface area contributed by atoms with Crippen LogP contribution in [0.2, 0.25) is 0 Å². The van der Waals surface area contributed by atoms with E-state index in [-0.39, 0.29) is 12.2 Å². The van der Waals surface area contributed by atoms with E-state index in [0.29, 0.717) is 0 Å². The van der Waals surface area contributed by atoms with Crippen LogP contribution in [-0.4, -0.2) is 24.9 Å². The van der Waals surface area contributed by atoms with E-state index in [1.807, 2.05) is 30.5 Å². The Balaban J connectivity index is 1.83. The fraction of sp³-hybridized carbons (Fsp3) is 0.176. The molecule has 0 heterocycles. The van der Waals surface area contributed by atoms with Gasteiger partial charge in [0.15, 0.2) is 0 Å². The Morgan fingerprint density at radius 3 is 2.56 bits per heavy atom. The Bertz CT molecular complexity index is 746. The zero-order valence-corrected chi connectivity index (χ0v) is 14.1. The van der Waals surface area contributed by atoms with Gasteiger partial charge in [-0.15, -0.1) is 11.8 Å². The molecule has 2 aromatic carbocycles. The van der Waals surface area contributed by atoms with Crippen LogP contribution in [0.3, 0.4) is 0 Å². The van der Waals surface area contributed by atoms with Crippen LogP contribution in [-0.2, 0) is 11.0 Å². The summed E-state index contributed by atoms with van der Waals surface area (Å²) in [7, 11) is 0. The summed E-state index contributed by atoms with van der Waals surface area (Å²) in [5.41, 5.74) is 2.57. The number of hydrazone groups is 1. The van der Waals surface area contributed by atoms with Crippen LogP contribution >= 0.6 is 11.8 Å². The minimum absolute atomic E-state index is 0.190. The molecule has 2 N–H and O–H groups in total. The number of carbonyl (C=O) groups excluding carboxylic acids is 1. The van der Waals surface area contributed by atoms with E-state index in [9.17, 15) is 18.0 Å². The first-order chi connectivity index (χ1) is 11.9. The summed E-state index contributed by atoms with van der Waals surface area (Å²) in [6.07, 6.45) is -0.955. The van der Waals surface area contributed by atoms with Crippen molar-refractivity contribution in [2.24, 2.45) is 5.10 Å². The fourth-order valence-electron chi connectivity index (χ4n) is 1.90. The zero-order valence-electron chi connectivity index (χ0n) is 13.3. The maximum Gasteiger partial charge on any atom is 0.416 e. The summed E-state index contributed by atoms with van der Waals surface area (Å²) in [5.74, 6) is -0.464. The average molecular weight is 367 g/mol. The molecule has 0 bridgehead atoms. The largest absolute Gasteiger partial charge is 0.416 e. The minimum Gasteiger partial charge on any atom is -0.376 e. The van der Waals surface area contributed by atoms with E-state index >= 15 is 0 Å². The van der Waals surface area contributed by atoms with E-state index in [0.717, 1.165) is 22.6 Å². The van der Waals surface area contributed by atoms with Gasteiger partial charge >= 0.3 is 6.18 Å². The number of hydrogen-bond acceptors (Lipinski definition) is 4. The van der Waals surface area contributed by atoms with E-state index in [1.165, 1.54) is 18.3 Å². The van der Waals surface area contributed by atoms with Gasteiger partial charge in [-0.1, -0.05) is 18.2 Å². The van der Waals surface area contributed by atoms with E-state index in [4.69, 9.17) is 0 Å². The average Bonchev–Trinajstić information content (AvgIpc) is 2.60. The molecule has 0 fully saturated rings. The van der Waals surface area contributed by atoms with E-state index in [2.05, 4.69) is 15.8 Å². The van der Waals surface area contributed by atoms with Crippen molar-refractivity contribution in [1.29, 1.82) is 0 Å². The molecule has 8 heteroatoms. The second-order valence-electron chi connectivity index (χ2n) is 5.00. The van der Waals surface area contributed by atoms with E-state index < -0.39 is 17.6 Å². The predicted molar refractivity (Wildman–Crippen MR) is 93.9 cm³/mol. The van der Waals surface area contributed by atoms with Gasteiger partial charge in [0.25, 0.3) is 5.91 Å². The lowest BCUT2D eigenvalue weighted by Gasteiger charge is -2.10. The van der Waals surface area contributed by atoms with Crippen molar-refractivity contribution in [3.63, 3.8) is 0 Å². The number of thioether (sulfide) groups is 1. The summed E-state index contributed by atoms with van der Waals surface area (Å²) in [5, 5.41) is 6.45. The molecule has 1 amide bonds. The molecule has 0 aliphatic heterocycles. The van der Waals surface area contributed by atoms with Gasteiger partial charge < -0.3 is 5.32 Å². The normalized spacial score (nSPS) is 11.5. The molecule has 0 spiro atoms. The molecular weight excluding hydrogens is 351 g/mol. The number of amides is 1. The first kappa shape index (κ1) is 18.9. The molecule has 2 aromatic rings. The molecule has 0 atom stereocenters. The highest BCUT2D eigenvalue weighted by Crippen LogP contribution is 2.30. The highest BCUT2D eigenvalue weighted by atomic mass is 32.2. The number of carbonyl (C=O) groups is 1. The third-order valence-electron chi connectivity index (χ3n) is 3.16. The first-order valence-electron chi connectivity index (χ1n) is 7.25. The number of halogens is 3. The number of rotatable bonds is 6. The van der Waals surface area contributed by atoms with Crippen LogP contribution in [0.1, 0.15) is 11.1 Å². The predicted octanol–water partition coefficient (Wildman–Crippen LogP) is 3.99. The standard InChI is InChI=1S/C17H16F3N3OS/c1-25-15-7-5-12(6-8-15)10-22-23-16(24)11-21-14-4-2-3-13(9-14)17(18,19)20/h2-10,21H,11H2,1H3,(H,23,24)/b22-10+. The molecule has 0 aliphatic carbocycles. The van der Waals surface area contributed by atoms with Gasteiger partial charge in [0, 0.05) is 10.6 Å². The SMILES string of the molecule is CSc1ccc(/C=N/NC(=O)CNc2cccc(C(F)(F)F)c2)cc1. The highest BCUT2D eigenvalue weighted by molar-refractivity contribution is 7.98. The Morgan fingerprint density at radius 2 is 1.92 bits per heavy atom. The lowest BCUT2D eigenvalue weighted by Crippen LogP contribution is -2.26. The number of anilines is 1. The van der Waals surface area contributed by atoms with Gasteiger partial charge in [-0.2, -0.15) is 18.3 Å². The quantitative estimate of drug-likeness (QED) is 0.461. The molecule has 0 saturated heterocycles. The lowest BCUT2D eigenvalue weighted by atomic mass is 10.2. The Labute approximate surface area is 147 Å². The van der Waals surface area contributed by atoms with Crippen molar-refractivity contribution in [2.75, 3.05) is 18.1 Å². The van der Waals surface area contributed by atoms with Gasteiger partial charge in [0.2, 0.25) is 0 Å². The van der Waals surface area contributed by atoms with Gasteiger partial charge in [-0.25, -0.2) is 5.43 Å². The second kappa shape index (κ2) is 8.57. The number of hydrogen-bond donors (Lipinski definition) is 2. The van der Waals surface area contributed by atoms with Gasteiger partial charge in [-0.3, -0.25) is 4.79 Å². The van der Waals surface area contributed by atoms with Gasteiger partial charge in [0.05, 0.1) is 18.3 Å². The highest BCUT2D eigenvalue weighted by Gasteiger charge is 2.30. The fourth-order valence-corrected chi connectivity index (χ4v) is 2.30. The van der Waals surface area contributed by atoms with Crippen LogP contribution in [0.15, 0.2) is 58.5 Å². The summed E-state index contributed by atoms with van der Waals surface area (Å²) >= 11 is 1.62. The monoisotopic (exact) mass is 367 g/mol. The molecule has 4 nitrogen and oxygen atoms in total. The van der Waals surface area contributed by atoms with Crippen LogP contribution in [0.5, 0.6) is 0 Å². The Kier molecular flexibility index (Phi) is 6.46. The van der Waals surface area contributed by atoms with Crippen LogP contribution in [0.4, 0.5) is 18.9 Å². The summed E-state index contributed by atoms with van der Waals surface area (Å²) in [6, 6.07) is 12.2. The topological polar surface area (TPSA) is 53.5 Å². The first-order valence-corrected chi connectivity index (χ1v) is 8.48. The zero-order chi connectivity index (χ0) is 18.3. The van der Waals surface area contributed by atoms with Crippen molar-refractivity contribution < 1.29 is 18.0 Å². The molecule has 0 radical (unpaired) electrons. The van der Waals surface area contributed by atoms with Crippen molar-refractivity contribution >= 4 is 29.6 Å². The molecule has 2 rings (SSSR count). The number of nitrogens with one attached hydrogen (secondary N) is 2. The van der Waals surface area contributed by atoms with Crippen LogP contribution < -0.4 is 10.7 Å². The van der Waals surface area contributed by atoms with Crippen molar-refractivity contribution in [2.45, 2.75) is 11.1 Å². The molecule has 0 saturated carbocycles. The smallest absolute Gasteiger partial charge is 0.376 e. The summed E-state index contributed by atoms with van der Waals surface area (Å²) in [4.78, 5) is 12.8. The number of benzene rings is 2. The maximum absolute atomic E-state index is 12.6. The van der Waals surface area contributed by atoms with Gasteiger partial charge in [0.1, 0.15) is 0 Å². The van der Waals surface area contributed by atoms with Crippen molar-refractivity contribution in [1.82, 2.24) is 5.43 Å². The molecule has 0 aliphatic rings. The van der Waals surface area contributed by atoms with Crippen LogP contribution in [0.25, 0.3) is 0 Å². The van der Waals surface area contributed by atoms with Crippen molar-refractivity contribution in [3.8, 4) is 0 Å². The van der Waals surface area contributed by atoms with E-state index in [1.54, 1.807) is 11.8 Å². The third kappa shape index (κ3) is 6.15.